The smallest absolute Gasteiger partial charge is 0.339 e. The Morgan fingerprint density at radius 1 is 1.71 bits per heavy atom. The summed E-state index contributed by atoms with van der Waals surface area (Å²) < 4.78 is 0. The summed E-state index contributed by atoms with van der Waals surface area (Å²) in [6.07, 6.45) is 2.64. The summed E-state index contributed by atoms with van der Waals surface area (Å²) in [4.78, 5) is 14.6. The lowest BCUT2D eigenvalue weighted by Gasteiger charge is -2.27. The summed E-state index contributed by atoms with van der Waals surface area (Å²) in [5, 5.41) is 12.0. The molecule has 0 radical (unpaired) electrons. The molecular formula is C9H11N3O2. The van der Waals surface area contributed by atoms with Crippen molar-refractivity contribution in [1.82, 2.24) is 10.3 Å². The number of aromatic carboxylic acids is 1. The molecule has 0 amide bonds. The second-order valence-corrected chi connectivity index (χ2v) is 3.30. The van der Waals surface area contributed by atoms with Crippen LogP contribution in [0.25, 0.3) is 0 Å². The molecule has 14 heavy (non-hydrogen) atoms. The Kier molecular flexibility index (Phi) is 2.09. The lowest BCUT2D eigenvalue weighted by Crippen LogP contribution is -2.35. The van der Waals surface area contributed by atoms with E-state index in [0.717, 1.165) is 18.5 Å². The molecule has 1 atom stereocenters. The van der Waals surface area contributed by atoms with Crippen molar-refractivity contribution < 1.29 is 9.90 Å². The van der Waals surface area contributed by atoms with E-state index >= 15 is 0 Å². The Bertz CT molecular complexity index is 374. The van der Waals surface area contributed by atoms with E-state index in [9.17, 15) is 4.79 Å². The zero-order valence-electron chi connectivity index (χ0n) is 7.53. The third kappa shape index (κ3) is 1.42. The molecule has 2 rings (SSSR count). The summed E-state index contributed by atoms with van der Waals surface area (Å²) in [6, 6.07) is 1.82. The molecule has 1 aromatic heterocycles. The number of pyridine rings is 1. The van der Waals surface area contributed by atoms with Crippen molar-refractivity contribution in [3.63, 3.8) is 0 Å². The molecule has 74 valence electrons. The molecule has 2 heterocycles. The van der Waals surface area contributed by atoms with Gasteiger partial charge in [0.2, 0.25) is 0 Å². The maximum atomic E-state index is 10.8. The van der Waals surface area contributed by atoms with E-state index in [2.05, 4.69) is 10.3 Å². The van der Waals surface area contributed by atoms with Crippen LogP contribution in [0.4, 0.5) is 5.82 Å². The number of nitrogens with one attached hydrogen (secondary N) is 1. The van der Waals surface area contributed by atoms with Crippen molar-refractivity contribution in [1.29, 1.82) is 0 Å². The predicted molar refractivity (Wildman–Crippen MR) is 51.0 cm³/mol. The van der Waals surface area contributed by atoms with Crippen molar-refractivity contribution in [3.8, 4) is 0 Å². The minimum Gasteiger partial charge on any atom is -0.478 e. The molecule has 5 heteroatoms. The zero-order valence-corrected chi connectivity index (χ0v) is 7.53. The van der Waals surface area contributed by atoms with E-state index in [-0.39, 0.29) is 17.4 Å². The van der Waals surface area contributed by atoms with Gasteiger partial charge in [-0.3, -0.25) is 0 Å². The number of carbonyl (C=O) groups is 1. The molecule has 1 aromatic rings. The van der Waals surface area contributed by atoms with E-state index in [4.69, 9.17) is 10.8 Å². The van der Waals surface area contributed by atoms with Crippen molar-refractivity contribution in [2.45, 2.75) is 12.5 Å². The van der Waals surface area contributed by atoms with Crippen LogP contribution in [0, 0.1) is 0 Å². The maximum absolute atomic E-state index is 10.8. The van der Waals surface area contributed by atoms with Gasteiger partial charge < -0.3 is 16.2 Å². The van der Waals surface area contributed by atoms with Gasteiger partial charge in [-0.1, -0.05) is 0 Å². The molecule has 1 fully saturated rings. The monoisotopic (exact) mass is 193 g/mol. The topological polar surface area (TPSA) is 88.2 Å². The Labute approximate surface area is 81.0 Å². The van der Waals surface area contributed by atoms with Gasteiger partial charge in [0, 0.05) is 12.2 Å². The summed E-state index contributed by atoms with van der Waals surface area (Å²) in [5.74, 6) is -0.961. The minimum absolute atomic E-state index is 0.0700. The number of carboxylic acids is 1. The van der Waals surface area contributed by atoms with Gasteiger partial charge in [0.15, 0.2) is 0 Å². The van der Waals surface area contributed by atoms with Gasteiger partial charge in [-0.15, -0.1) is 0 Å². The lowest BCUT2D eigenvalue weighted by molar-refractivity contribution is 0.0697. The standard InChI is InChI=1S/C9H11N3O2/c10-8-6(9(13)14)3-5(4-12-8)7-1-2-11-7/h3-4,7,11H,1-2H2,(H2,10,12)(H,13,14)/t7-/m0/s1. The fraction of sp³-hybridized carbons (Fsp3) is 0.333. The highest BCUT2D eigenvalue weighted by molar-refractivity contribution is 5.92. The SMILES string of the molecule is Nc1ncc([C@@H]2CCN2)cc1C(=O)O. The van der Waals surface area contributed by atoms with Crippen LogP contribution >= 0.6 is 0 Å². The number of rotatable bonds is 2. The molecule has 1 saturated heterocycles. The van der Waals surface area contributed by atoms with Gasteiger partial charge in [0.25, 0.3) is 0 Å². The third-order valence-corrected chi connectivity index (χ3v) is 2.40. The van der Waals surface area contributed by atoms with E-state index in [0.29, 0.717) is 0 Å². The van der Waals surface area contributed by atoms with Gasteiger partial charge in [-0.05, 0) is 24.6 Å². The van der Waals surface area contributed by atoms with Crippen LogP contribution in [0.15, 0.2) is 12.3 Å². The quantitative estimate of drug-likeness (QED) is 0.632. The van der Waals surface area contributed by atoms with Crippen molar-refractivity contribution in [2.75, 3.05) is 12.3 Å². The maximum Gasteiger partial charge on any atom is 0.339 e. The third-order valence-electron chi connectivity index (χ3n) is 2.40. The number of nitrogens with two attached hydrogens (primary N) is 1. The van der Waals surface area contributed by atoms with Crippen LogP contribution in [0.3, 0.4) is 0 Å². The molecule has 1 aliphatic heterocycles. The number of anilines is 1. The Morgan fingerprint density at radius 3 is 2.93 bits per heavy atom. The van der Waals surface area contributed by atoms with Crippen LogP contribution in [0.1, 0.15) is 28.4 Å². The fourth-order valence-electron chi connectivity index (χ4n) is 1.43. The molecule has 0 unspecified atom stereocenters. The van der Waals surface area contributed by atoms with E-state index in [1.54, 1.807) is 12.3 Å². The van der Waals surface area contributed by atoms with Crippen LogP contribution in [0.5, 0.6) is 0 Å². The van der Waals surface area contributed by atoms with Crippen molar-refractivity contribution >= 4 is 11.8 Å². The normalized spacial score (nSPS) is 20.1. The van der Waals surface area contributed by atoms with E-state index < -0.39 is 5.97 Å². The first-order chi connectivity index (χ1) is 6.68. The van der Waals surface area contributed by atoms with Crippen LogP contribution < -0.4 is 11.1 Å². The Morgan fingerprint density at radius 2 is 2.43 bits per heavy atom. The molecule has 0 spiro atoms. The molecule has 0 bridgehead atoms. The predicted octanol–water partition coefficient (Wildman–Crippen LogP) is 0.396. The number of hydrogen-bond acceptors (Lipinski definition) is 4. The summed E-state index contributed by atoms with van der Waals surface area (Å²) >= 11 is 0. The number of nitrogens with zero attached hydrogens (tertiary/aromatic N) is 1. The zero-order chi connectivity index (χ0) is 10.1. The van der Waals surface area contributed by atoms with E-state index in [1.165, 1.54) is 0 Å². The van der Waals surface area contributed by atoms with E-state index in [1.807, 2.05) is 0 Å². The largest absolute Gasteiger partial charge is 0.478 e. The van der Waals surface area contributed by atoms with Crippen LogP contribution in [-0.4, -0.2) is 22.6 Å². The second kappa shape index (κ2) is 3.26. The average molecular weight is 193 g/mol. The first-order valence-corrected chi connectivity index (χ1v) is 4.40. The highest BCUT2D eigenvalue weighted by Gasteiger charge is 2.20. The first-order valence-electron chi connectivity index (χ1n) is 4.40. The molecule has 0 aromatic carbocycles. The highest BCUT2D eigenvalue weighted by Crippen LogP contribution is 2.24. The number of aromatic nitrogens is 1. The molecule has 5 nitrogen and oxygen atoms in total. The van der Waals surface area contributed by atoms with Crippen LogP contribution in [0.2, 0.25) is 0 Å². The van der Waals surface area contributed by atoms with Gasteiger partial charge in [0.05, 0.1) is 0 Å². The molecular weight excluding hydrogens is 182 g/mol. The highest BCUT2D eigenvalue weighted by atomic mass is 16.4. The van der Waals surface area contributed by atoms with Crippen LogP contribution in [-0.2, 0) is 0 Å². The Balaban J connectivity index is 2.34. The van der Waals surface area contributed by atoms with Crippen molar-refractivity contribution in [3.05, 3.63) is 23.4 Å². The summed E-state index contributed by atoms with van der Waals surface area (Å²) in [6.45, 7) is 0.970. The van der Waals surface area contributed by atoms with Crippen molar-refractivity contribution in [2.24, 2.45) is 0 Å². The van der Waals surface area contributed by atoms with Gasteiger partial charge in [-0.25, -0.2) is 9.78 Å². The summed E-state index contributed by atoms with van der Waals surface area (Å²) in [7, 11) is 0. The Hall–Kier alpha value is -1.62. The number of hydrogen-bond donors (Lipinski definition) is 3. The summed E-state index contributed by atoms with van der Waals surface area (Å²) in [5.41, 5.74) is 6.41. The average Bonchev–Trinajstić information content (AvgIpc) is 2.04. The molecule has 0 saturated carbocycles. The lowest BCUT2D eigenvalue weighted by atomic mass is 9.98. The minimum atomic E-state index is -1.03. The first kappa shape index (κ1) is 8.96. The number of nitrogen functional groups attached to an aromatic ring is 1. The number of carboxylic acid groups (broad SMARTS) is 1. The van der Waals surface area contributed by atoms with Gasteiger partial charge in [-0.2, -0.15) is 0 Å². The second-order valence-electron chi connectivity index (χ2n) is 3.30. The molecule has 0 aliphatic carbocycles. The molecule has 1 aliphatic rings. The fourth-order valence-corrected chi connectivity index (χ4v) is 1.43. The van der Waals surface area contributed by atoms with Gasteiger partial charge >= 0.3 is 5.97 Å². The van der Waals surface area contributed by atoms with Gasteiger partial charge in [0.1, 0.15) is 11.4 Å². The molecule has 4 N–H and O–H groups in total.